The number of esters is 3. The lowest BCUT2D eigenvalue weighted by molar-refractivity contribution is -0.167. The van der Waals surface area contributed by atoms with Gasteiger partial charge in [-0.1, -0.05) is 283 Å². The van der Waals surface area contributed by atoms with Crippen LogP contribution in [0.1, 0.15) is 335 Å². The molecule has 0 fully saturated rings. The van der Waals surface area contributed by atoms with Crippen molar-refractivity contribution in [3.05, 3.63) is 12.2 Å². The molecule has 0 aromatic rings. The lowest BCUT2D eigenvalue weighted by atomic mass is 10.0. The maximum Gasteiger partial charge on any atom is 0.306 e. The number of hydrogen-bond donors (Lipinski definition) is 0. The van der Waals surface area contributed by atoms with E-state index in [4.69, 9.17) is 14.2 Å². The highest BCUT2D eigenvalue weighted by Crippen LogP contribution is 2.18. The Morgan fingerprint density at radius 3 is 0.788 bits per heavy atom. The summed E-state index contributed by atoms with van der Waals surface area (Å²) in [5, 5.41) is 0. The van der Waals surface area contributed by atoms with E-state index >= 15 is 0 Å². The third-order valence-electron chi connectivity index (χ3n) is 13.5. The monoisotopic (exact) mass is 931 g/mol. The molecule has 0 aliphatic heterocycles. The van der Waals surface area contributed by atoms with Crippen molar-refractivity contribution in [3.8, 4) is 0 Å². The molecule has 0 amide bonds. The van der Waals surface area contributed by atoms with Crippen LogP contribution in [-0.2, 0) is 28.6 Å². The molecule has 0 rings (SSSR count). The standard InChI is InChI=1S/C60H114O6/c1-4-7-10-13-16-19-22-25-27-29-30-31-32-34-35-38-41-44-47-50-53-59(62)65-56-57(55-64-58(61)52-49-46-43-40-37-24-21-18-15-12-9-6-3)66-60(63)54-51-48-45-42-39-36-33-28-26-23-20-17-14-11-8-5-2/h18,21,57H,4-17,19-20,22-56H2,1-3H3/b21-18-. The molecule has 1 atom stereocenters. The van der Waals surface area contributed by atoms with Crippen LogP contribution in [0.5, 0.6) is 0 Å². The number of allylic oxidation sites excluding steroid dienone is 2. The highest BCUT2D eigenvalue weighted by molar-refractivity contribution is 5.71. The minimum Gasteiger partial charge on any atom is -0.462 e. The fraction of sp³-hybridized carbons (Fsp3) is 0.917. The number of carbonyl (C=O) groups is 3. The Hall–Kier alpha value is -1.85. The van der Waals surface area contributed by atoms with Crippen molar-refractivity contribution in [1.82, 2.24) is 0 Å². The molecule has 1 unspecified atom stereocenters. The molecule has 0 N–H and O–H groups in total. The lowest BCUT2D eigenvalue weighted by Crippen LogP contribution is -2.30. The molecule has 0 spiro atoms. The Morgan fingerprint density at radius 2 is 0.500 bits per heavy atom. The van der Waals surface area contributed by atoms with Gasteiger partial charge in [0.25, 0.3) is 0 Å². The van der Waals surface area contributed by atoms with Gasteiger partial charge in [-0.3, -0.25) is 14.4 Å². The number of ether oxygens (including phenoxy) is 3. The third kappa shape index (κ3) is 53.1. The van der Waals surface area contributed by atoms with Crippen LogP contribution in [0, 0.1) is 0 Å². The van der Waals surface area contributed by atoms with E-state index in [9.17, 15) is 14.4 Å². The molecular formula is C60H114O6. The topological polar surface area (TPSA) is 78.9 Å². The Morgan fingerprint density at radius 1 is 0.288 bits per heavy atom. The van der Waals surface area contributed by atoms with Gasteiger partial charge in [-0.05, 0) is 44.9 Å². The Bertz CT molecular complexity index is 1020. The van der Waals surface area contributed by atoms with Crippen LogP contribution in [0.3, 0.4) is 0 Å². The number of hydrogen-bond acceptors (Lipinski definition) is 6. The summed E-state index contributed by atoms with van der Waals surface area (Å²) in [6.45, 7) is 6.67. The number of carbonyl (C=O) groups excluding carboxylic acids is 3. The summed E-state index contributed by atoms with van der Waals surface area (Å²) in [6, 6.07) is 0. The summed E-state index contributed by atoms with van der Waals surface area (Å²) in [5.41, 5.74) is 0. The van der Waals surface area contributed by atoms with Crippen molar-refractivity contribution >= 4 is 17.9 Å². The van der Waals surface area contributed by atoms with Gasteiger partial charge in [-0.2, -0.15) is 0 Å². The second-order valence-electron chi connectivity index (χ2n) is 20.3. The average Bonchev–Trinajstić information content (AvgIpc) is 3.31. The zero-order valence-corrected chi connectivity index (χ0v) is 44.7. The van der Waals surface area contributed by atoms with Gasteiger partial charge in [-0.25, -0.2) is 0 Å². The SMILES string of the molecule is CCCCC/C=C\CCCCCCCC(=O)OCC(COC(=O)CCCCCCCCCCCCCCCCCCCCCC)OC(=O)CCCCCCCCCCCCCCCCCC. The van der Waals surface area contributed by atoms with Crippen LogP contribution in [0.25, 0.3) is 0 Å². The summed E-state index contributed by atoms with van der Waals surface area (Å²) in [7, 11) is 0. The molecule has 0 saturated heterocycles. The Labute approximate surface area is 411 Å². The van der Waals surface area contributed by atoms with Crippen molar-refractivity contribution in [2.24, 2.45) is 0 Å². The van der Waals surface area contributed by atoms with Crippen molar-refractivity contribution < 1.29 is 28.6 Å². The molecule has 66 heavy (non-hydrogen) atoms. The van der Waals surface area contributed by atoms with Gasteiger partial charge < -0.3 is 14.2 Å². The zero-order valence-electron chi connectivity index (χ0n) is 44.7. The summed E-state index contributed by atoms with van der Waals surface area (Å²) < 4.78 is 16.9. The molecule has 0 aromatic carbocycles. The molecule has 0 aromatic heterocycles. The van der Waals surface area contributed by atoms with Gasteiger partial charge in [0.05, 0.1) is 0 Å². The predicted molar refractivity (Wildman–Crippen MR) is 284 cm³/mol. The van der Waals surface area contributed by atoms with Crippen molar-refractivity contribution in [2.45, 2.75) is 341 Å². The molecule has 0 aliphatic rings. The first-order valence-electron chi connectivity index (χ1n) is 29.7. The third-order valence-corrected chi connectivity index (χ3v) is 13.5. The first-order valence-corrected chi connectivity index (χ1v) is 29.7. The van der Waals surface area contributed by atoms with Gasteiger partial charge in [0, 0.05) is 19.3 Å². The quantitative estimate of drug-likeness (QED) is 0.0262. The predicted octanol–water partition coefficient (Wildman–Crippen LogP) is 19.7. The molecular weight excluding hydrogens is 817 g/mol. The maximum atomic E-state index is 12.8. The average molecular weight is 932 g/mol. The highest BCUT2D eigenvalue weighted by Gasteiger charge is 2.19. The van der Waals surface area contributed by atoms with E-state index < -0.39 is 6.10 Å². The highest BCUT2D eigenvalue weighted by atomic mass is 16.6. The van der Waals surface area contributed by atoms with E-state index in [1.807, 2.05) is 0 Å². The summed E-state index contributed by atoms with van der Waals surface area (Å²) >= 11 is 0. The van der Waals surface area contributed by atoms with Crippen LogP contribution in [0.4, 0.5) is 0 Å². The minimum absolute atomic E-state index is 0.0664. The largest absolute Gasteiger partial charge is 0.462 e. The van der Waals surface area contributed by atoms with Crippen molar-refractivity contribution in [1.29, 1.82) is 0 Å². The molecule has 0 aliphatic carbocycles. The lowest BCUT2D eigenvalue weighted by Gasteiger charge is -2.18. The summed E-state index contributed by atoms with van der Waals surface area (Å²) in [6.07, 6.45) is 63.5. The molecule has 390 valence electrons. The van der Waals surface area contributed by atoms with Crippen LogP contribution in [0.2, 0.25) is 0 Å². The van der Waals surface area contributed by atoms with Gasteiger partial charge in [0.2, 0.25) is 0 Å². The Kier molecular flexibility index (Phi) is 54.2. The van der Waals surface area contributed by atoms with Crippen LogP contribution >= 0.6 is 0 Å². The van der Waals surface area contributed by atoms with E-state index in [-0.39, 0.29) is 31.1 Å². The van der Waals surface area contributed by atoms with Crippen LogP contribution in [0.15, 0.2) is 12.2 Å². The van der Waals surface area contributed by atoms with Gasteiger partial charge in [-0.15, -0.1) is 0 Å². The zero-order chi connectivity index (χ0) is 47.9. The fourth-order valence-electron chi connectivity index (χ4n) is 9.03. The van der Waals surface area contributed by atoms with E-state index in [1.165, 1.54) is 231 Å². The molecule has 0 radical (unpaired) electrons. The second-order valence-corrected chi connectivity index (χ2v) is 20.3. The van der Waals surface area contributed by atoms with Crippen molar-refractivity contribution in [2.75, 3.05) is 13.2 Å². The van der Waals surface area contributed by atoms with Gasteiger partial charge in [0.1, 0.15) is 13.2 Å². The van der Waals surface area contributed by atoms with Gasteiger partial charge >= 0.3 is 17.9 Å². The van der Waals surface area contributed by atoms with Crippen LogP contribution < -0.4 is 0 Å². The van der Waals surface area contributed by atoms with Gasteiger partial charge in [0.15, 0.2) is 6.10 Å². The molecule has 6 heteroatoms. The first kappa shape index (κ1) is 64.2. The molecule has 0 bridgehead atoms. The number of unbranched alkanes of at least 4 members (excludes halogenated alkanes) is 42. The summed E-state index contributed by atoms with van der Waals surface area (Å²) in [5.74, 6) is -0.850. The van der Waals surface area contributed by atoms with E-state index in [0.29, 0.717) is 19.3 Å². The Balaban J connectivity index is 4.26. The second kappa shape index (κ2) is 55.7. The smallest absolute Gasteiger partial charge is 0.306 e. The molecule has 0 saturated carbocycles. The van der Waals surface area contributed by atoms with Crippen LogP contribution in [-0.4, -0.2) is 37.2 Å². The first-order chi connectivity index (χ1) is 32.5. The minimum atomic E-state index is -0.767. The van der Waals surface area contributed by atoms with E-state index in [2.05, 4.69) is 32.9 Å². The summed E-state index contributed by atoms with van der Waals surface area (Å²) in [4.78, 5) is 38.1. The van der Waals surface area contributed by atoms with E-state index in [0.717, 1.165) is 64.2 Å². The normalized spacial score (nSPS) is 12.0. The maximum absolute atomic E-state index is 12.8. The number of rotatable bonds is 55. The molecule has 0 heterocycles. The van der Waals surface area contributed by atoms with E-state index in [1.54, 1.807) is 0 Å². The van der Waals surface area contributed by atoms with Crippen molar-refractivity contribution in [3.63, 3.8) is 0 Å². The fourth-order valence-corrected chi connectivity index (χ4v) is 9.03. The molecule has 6 nitrogen and oxygen atoms in total.